The van der Waals surface area contributed by atoms with Crippen LogP contribution in [0.4, 0.5) is 0 Å². The summed E-state index contributed by atoms with van der Waals surface area (Å²) < 4.78 is 0. The van der Waals surface area contributed by atoms with Crippen molar-refractivity contribution < 1.29 is 4.84 Å². The van der Waals surface area contributed by atoms with E-state index in [1.54, 1.807) is 0 Å². The quantitative estimate of drug-likeness (QED) is 0.537. The molecule has 70 valence electrons. The minimum Gasteiger partial charge on any atom is -0.281 e. The van der Waals surface area contributed by atoms with Crippen LogP contribution in [-0.2, 0) is 4.84 Å². The normalized spacial score (nSPS) is 35.2. The summed E-state index contributed by atoms with van der Waals surface area (Å²) in [5.74, 6) is 0. The summed E-state index contributed by atoms with van der Waals surface area (Å²) in [6.45, 7) is 3.21. The van der Waals surface area contributed by atoms with Gasteiger partial charge in [0, 0.05) is 6.54 Å². The van der Waals surface area contributed by atoms with Gasteiger partial charge in [0.1, 0.15) is 0 Å². The summed E-state index contributed by atoms with van der Waals surface area (Å²) in [7, 11) is 0. The van der Waals surface area contributed by atoms with E-state index in [0.717, 1.165) is 6.54 Å². The van der Waals surface area contributed by atoms with E-state index in [0.29, 0.717) is 11.5 Å². The van der Waals surface area contributed by atoms with E-state index in [4.69, 9.17) is 4.84 Å². The van der Waals surface area contributed by atoms with Crippen molar-refractivity contribution in [2.75, 3.05) is 6.54 Å². The van der Waals surface area contributed by atoms with Gasteiger partial charge in [0.2, 0.25) is 0 Å². The third-order valence-electron chi connectivity index (χ3n) is 3.15. The Labute approximate surface area is 72.9 Å². The summed E-state index contributed by atoms with van der Waals surface area (Å²) in [6, 6.07) is 0. The highest BCUT2D eigenvalue weighted by Crippen LogP contribution is 2.41. The first-order valence-electron chi connectivity index (χ1n) is 4.70. The zero-order chi connectivity index (χ0) is 8.44. The SMILES string of the molecule is CC1(C2CNNNO2)CCCC1. The van der Waals surface area contributed by atoms with Crippen molar-refractivity contribution in [1.29, 1.82) is 0 Å². The molecule has 0 aromatic carbocycles. The Hall–Kier alpha value is -0.160. The molecular weight excluding hydrogens is 154 g/mol. The molecule has 2 fully saturated rings. The molecule has 1 saturated heterocycles. The molecule has 1 saturated carbocycles. The monoisotopic (exact) mass is 171 g/mol. The van der Waals surface area contributed by atoms with Crippen LogP contribution in [0.2, 0.25) is 0 Å². The van der Waals surface area contributed by atoms with E-state index in [-0.39, 0.29) is 0 Å². The summed E-state index contributed by atoms with van der Waals surface area (Å²) in [4.78, 5) is 5.44. The van der Waals surface area contributed by atoms with Crippen molar-refractivity contribution >= 4 is 0 Å². The fraction of sp³-hybridized carbons (Fsp3) is 1.00. The Morgan fingerprint density at radius 2 is 2.08 bits per heavy atom. The Morgan fingerprint density at radius 3 is 2.67 bits per heavy atom. The molecule has 0 aromatic rings. The summed E-state index contributed by atoms with van der Waals surface area (Å²) >= 11 is 0. The van der Waals surface area contributed by atoms with Gasteiger partial charge < -0.3 is 0 Å². The minimum atomic E-state index is 0.307. The predicted molar refractivity (Wildman–Crippen MR) is 45.7 cm³/mol. The third kappa shape index (κ3) is 1.47. The van der Waals surface area contributed by atoms with Crippen LogP contribution in [0.3, 0.4) is 0 Å². The first-order valence-corrected chi connectivity index (χ1v) is 4.70. The fourth-order valence-corrected chi connectivity index (χ4v) is 2.22. The first-order chi connectivity index (χ1) is 5.81. The van der Waals surface area contributed by atoms with Gasteiger partial charge >= 0.3 is 0 Å². The van der Waals surface area contributed by atoms with Crippen molar-refractivity contribution in [1.82, 2.24) is 16.5 Å². The summed E-state index contributed by atoms with van der Waals surface area (Å²) in [5, 5.41) is 0. The second-order valence-electron chi connectivity index (χ2n) is 4.08. The maximum atomic E-state index is 5.44. The van der Waals surface area contributed by atoms with Gasteiger partial charge in [-0.3, -0.25) is 4.84 Å². The van der Waals surface area contributed by atoms with E-state index in [1.165, 1.54) is 25.7 Å². The molecule has 12 heavy (non-hydrogen) atoms. The second kappa shape index (κ2) is 3.30. The van der Waals surface area contributed by atoms with Crippen molar-refractivity contribution in [3.8, 4) is 0 Å². The molecule has 1 aliphatic carbocycles. The molecule has 0 bridgehead atoms. The van der Waals surface area contributed by atoms with Crippen molar-refractivity contribution in [3.05, 3.63) is 0 Å². The molecule has 0 aromatic heterocycles. The molecule has 0 radical (unpaired) electrons. The van der Waals surface area contributed by atoms with E-state index in [2.05, 4.69) is 23.5 Å². The molecule has 0 amide bonds. The van der Waals surface area contributed by atoms with Crippen LogP contribution in [0.25, 0.3) is 0 Å². The highest BCUT2D eigenvalue weighted by Gasteiger charge is 2.38. The van der Waals surface area contributed by atoms with Crippen LogP contribution in [0.5, 0.6) is 0 Å². The van der Waals surface area contributed by atoms with E-state index in [9.17, 15) is 0 Å². The van der Waals surface area contributed by atoms with Crippen LogP contribution in [-0.4, -0.2) is 12.6 Å². The van der Waals surface area contributed by atoms with E-state index in [1.807, 2.05) is 0 Å². The van der Waals surface area contributed by atoms with Crippen molar-refractivity contribution in [2.24, 2.45) is 5.41 Å². The Balaban J connectivity index is 1.96. The fourth-order valence-electron chi connectivity index (χ4n) is 2.22. The lowest BCUT2D eigenvalue weighted by Gasteiger charge is -2.36. The van der Waals surface area contributed by atoms with Gasteiger partial charge in [-0.15, -0.1) is 5.59 Å². The van der Waals surface area contributed by atoms with Gasteiger partial charge in [-0.2, -0.15) is 5.53 Å². The number of hydrogen-bond donors (Lipinski definition) is 3. The standard InChI is InChI=1S/C8H17N3O/c1-8(4-2-3-5-8)7-6-9-10-11-12-7/h7,9-11H,2-6H2,1H3. The lowest BCUT2D eigenvalue weighted by atomic mass is 9.82. The van der Waals surface area contributed by atoms with Crippen molar-refractivity contribution in [2.45, 2.75) is 38.7 Å². The molecule has 1 heterocycles. The maximum absolute atomic E-state index is 5.44. The molecular formula is C8H17N3O. The summed E-state index contributed by atoms with van der Waals surface area (Å²) in [6.07, 6.45) is 5.59. The van der Waals surface area contributed by atoms with Gasteiger partial charge in [-0.05, 0) is 18.3 Å². The van der Waals surface area contributed by atoms with Crippen molar-refractivity contribution in [3.63, 3.8) is 0 Å². The van der Waals surface area contributed by atoms with Gasteiger partial charge in [0.05, 0.1) is 6.10 Å². The number of hydrogen-bond acceptors (Lipinski definition) is 4. The van der Waals surface area contributed by atoms with Gasteiger partial charge in [0.25, 0.3) is 0 Å². The third-order valence-corrected chi connectivity index (χ3v) is 3.15. The molecule has 3 N–H and O–H groups in total. The molecule has 0 spiro atoms. The van der Waals surface area contributed by atoms with Crippen LogP contribution in [0.15, 0.2) is 0 Å². The van der Waals surface area contributed by atoms with E-state index >= 15 is 0 Å². The number of nitrogens with one attached hydrogen (secondary N) is 3. The largest absolute Gasteiger partial charge is 0.281 e. The lowest BCUT2D eigenvalue weighted by molar-refractivity contribution is -0.138. The second-order valence-corrected chi connectivity index (χ2v) is 4.08. The van der Waals surface area contributed by atoms with Gasteiger partial charge in [-0.1, -0.05) is 19.8 Å². The Morgan fingerprint density at radius 1 is 1.33 bits per heavy atom. The molecule has 4 nitrogen and oxygen atoms in total. The number of hydrazine groups is 2. The molecule has 1 unspecified atom stereocenters. The minimum absolute atomic E-state index is 0.307. The van der Waals surface area contributed by atoms with Crippen LogP contribution in [0.1, 0.15) is 32.6 Å². The number of rotatable bonds is 1. The highest BCUT2D eigenvalue weighted by molar-refractivity contribution is 4.88. The Kier molecular flexibility index (Phi) is 2.32. The average molecular weight is 171 g/mol. The highest BCUT2D eigenvalue weighted by atomic mass is 16.7. The van der Waals surface area contributed by atoms with Gasteiger partial charge in [-0.25, -0.2) is 5.43 Å². The Bertz CT molecular complexity index is 150. The molecule has 2 aliphatic rings. The predicted octanol–water partition coefficient (Wildman–Crippen LogP) is 0.479. The average Bonchev–Trinajstić information content (AvgIpc) is 2.55. The molecule has 2 rings (SSSR count). The molecule has 1 aliphatic heterocycles. The molecule has 4 heteroatoms. The first kappa shape index (κ1) is 8.44. The zero-order valence-electron chi connectivity index (χ0n) is 7.52. The lowest BCUT2D eigenvalue weighted by Crippen LogP contribution is -2.58. The van der Waals surface area contributed by atoms with Crippen LogP contribution >= 0.6 is 0 Å². The van der Waals surface area contributed by atoms with E-state index < -0.39 is 0 Å². The maximum Gasteiger partial charge on any atom is 0.0999 e. The topological polar surface area (TPSA) is 45.3 Å². The van der Waals surface area contributed by atoms with Gasteiger partial charge in [0.15, 0.2) is 0 Å². The van der Waals surface area contributed by atoms with Crippen LogP contribution in [0, 0.1) is 5.41 Å². The summed E-state index contributed by atoms with van der Waals surface area (Å²) in [5.41, 5.74) is 8.84. The van der Waals surface area contributed by atoms with Crippen LogP contribution < -0.4 is 16.5 Å². The zero-order valence-corrected chi connectivity index (χ0v) is 7.52. The molecule has 1 atom stereocenters. The smallest absolute Gasteiger partial charge is 0.0999 e.